The van der Waals surface area contributed by atoms with Crippen molar-refractivity contribution >= 4 is 66.8 Å². The Morgan fingerprint density at radius 1 is 1.21 bits per heavy atom. The molecular formula is C7H7KO5S. The van der Waals surface area contributed by atoms with E-state index in [4.69, 9.17) is 5.11 Å². The molecule has 0 aromatic heterocycles. The molecular weight excluding hydrogens is 235 g/mol. The van der Waals surface area contributed by atoms with Gasteiger partial charge in [0.25, 0.3) is 0 Å². The van der Waals surface area contributed by atoms with E-state index in [9.17, 15) is 13.2 Å². The van der Waals surface area contributed by atoms with Crippen LogP contribution in [0.25, 0.3) is 0 Å². The van der Waals surface area contributed by atoms with E-state index in [1.165, 1.54) is 24.3 Å². The van der Waals surface area contributed by atoms with Crippen LogP contribution >= 0.6 is 0 Å². The first-order valence-electron chi connectivity index (χ1n) is 3.25. The van der Waals surface area contributed by atoms with Crippen molar-refractivity contribution in [2.75, 3.05) is 0 Å². The molecule has 0 saturated heterocycles. The maximum atomic E-state index is 10.7. The Bertz CT molecular complexity index is 399. The van der Waals surface area contributed by atoms with Crippen LogP contribution in [0.1, 0.15) is 0 Å². The Morgan fingerprint density at radius 2 is 1.71 bits per heavy atom. The van der Waals surface area contributed by atoms with Gasteiger partial charge in [-0.05, 0) is 12.1 Å². The van der Waals surface area contributed by atoms with Crippen LogP contribution in [0, 0.1) is 0 Å². The normalized spacial score (nSPS) is 10.0. The second-order valence-electron chi connectivity index (χ2n) is 2.12. The first-order chi connectivity index (χ1) is 6.02. The van der Waals surface area contributed by atoms with E-state index >= 15 is 0 Å². The molecule has 0 spiro atoms. The van der Waals surface area contributed by atoms with Crippen LogP contribution in [0.2, 0.25) is 0 Å². The van der Waals surface area contributed by atoms with Crippen LogP contribution in [-0.4, -0.2) is 70.2 Å². The van der Waals surface area contributed by atoms with Gasteiger partial charge >= 0.3 is 66.8 Å². The molecule has 0 heterocycles. The van der Waals surface area contributed by atoms with Gasteiger partial charge in [0.15, 0.2) is 0 Å². The number of hydrogen-bond acceptors (Lipinski definition) is 4. The van der Waals surface area contributed by atoms with Crippen molar-refractivity contribution in [2.45, 2.75) is 0 Å². The van der Waals surface area contributed by atoms with Gasteiger partial charge in [-0.1, -0.05) is 18.2 Å². The third-order valence-corrected chi connectivity index (χ3v) is 2.00. The number of rotatable bonds is 2. The molecule has 1 N–H and O–H groups in total. The molecule has 0 bridgehead atoms. The number of hydrogen-bond donors (Lipinski definition) is 1. The SMILES string of the molecule is O=C(O)S(=O)(=O)Oc1ccccc1.[KH]. The van der Waals surface area contributed by atoms with Crippen molar-refractivity contribution in [3.8, 4) is 5.75 Å². The van der Waals surface area contributed by atoms with E-state index < -0.39 is 15.4 Å². The molecule has 0 unspecified atom stereocenters. The average molecular weight is 242 g/mol. The van der Waals surface area contributed by atoms with Crippen LogP contribution < -0.4 is 4.18 Å². The molecule has 0 radical (unpaired) electrons. The van der Waals surface area contributed by atoms with E-state index in [0.29, 0.717) is 0 Å². The van der Waals surface area contributed by atoms with E-state index in [2.05, 4.69) is 4.18 Å². The molecule has 0 aliphatic rings. The summed E-state index contributed by atoms with van der Waals surface area (Å²) in [6.07, 6.45) is 0. The Hall–Kier alpha value is 0.0764. The third-order valence-electron chi connectivity index (χ3n) is 1.16. The fraction of sp³-hybridized carbons (Fsp3) is 0. The standard InChI is InChI=1S/C7H6O5S.K.H/c8-7(9)13(10,11)12-6-4-2-1-3-5-6;;/h1-5H,(H,8,9);;. The molecule has 0 saturated carbocycles. The molecule has 0 fully saturated rings. The summed E-state index contributed by atoms with van der Waals surface area (Å²) >= 11 is 0. The molecule has 1 rings (SSSR count). The summed E-state index contributed by atoms with van der Waals surface area (Å²) in [4.78, 5) is 10.1. The topological polar surface area (TPSA) is 80.7 Å². The average Bonchev–Trinajstić information content (AvgIpc) is 2.05. The van der Waals surface area contributed by atoms with E-state index in [1.54, 1.807) is 6.07 Å². The zero-order valence-corrected chi connectivity index (χ0v) is 7.19. The first-order valence-corrected chi connectivity index (χ1v) is 4.65. The molecule has 1 aromatic carbocycles. The van der Waals surface area contributed by atoms with Gasteiger partial charge in [0, 0.05) is 0 Å². The van der Waals surface area contributed by atoms with E-state index in [1.807, 2.05) is 0 Å². The Morgan fingerprint density at radius 3 is 2.14 bits per heavy atom. The number of benzene rings is 1. The monoisotopic (exact) mass is 242 g/mol. The van der Waals surface area contributed by atoms with Crippen molar-refractivity contribution in [1.82, 2.24) is 0 Å². The summed E-state index contributed by atoms with van der Waals surface area (Å²) in [7, 11) is -4.53. The molecule has 0 aliphatic carbocycles. The predicted molar refractivity (Wildman–Crippen MR) is 51.2 cm³/mol. The Balaban J connectivity index is 0.00000169. The molecule has 72 valence electrons. The van der Waals surface area contributed by atoms with Crippen LogP contribution in [0.3, 0.4) is 0 Å². The molecule has 0 aliphatic heterocycles. The number of carboxylic acid groups (broad SMARTS) is 1. The summed E-state index contributed by atoms with van der Waals surface area (Å²) < 4.78 is 25.6. The van der Waals surface area contributed by atoms with Crippen LogP contribution in [0.5, 0.6) is 5.75 Å². The molecule has 5 nitrogen and oxygen atoms in total. The second-order valence-corrected chi connectivity index (χ2v) is 3.54. The van der Waals surface area contributed by atoms with Crippen molar-refractivity contribution in [3.05, 3.63) is 30.3 Å². The third kappa shape index (κ3) is 4.07. The fourth-order valence-corrected chi connectivity index (χ4v) is 1.07. The quantitative estimate of drug-likeness (QED) is 0.600. The molecule has 0 atom stereocenters. The summed E-state index contributed by atoms with van der Waals surface area (Å²) in [5.74, 6) is -0.0232. The van der Waals surface area contributed by atoms with Crippen LogP contribution in [0.4, 0.5) is 4.79 Å². The minimum absolute atomic E-state index is 0. The van der Waals surface area contributed by atoms with Gasteiger partial charge in [-0.2, -0.15) is 8.42 Å². The summed E-state index contributed by atoms with van der Waals surface area (Å²) in [6, 6.07) is 7.42. The molecule has 14 heavy (non-hydrogen) atoms. The van der Waals surface area contributed by atoms with Gasteiger partial charge in [-0.15, -0.1) is 0 Å². The number of para-hydroxylation sites is 1. The summed E-state index contributed by atoms with van der Waals surface area (Å²) in [6.45, 7) is 0. The molecule has 7 heteroatoms. The zero-order chi connectivity index (χ0) is 9.90. The van der Waals surface area contributed by atoms with Gasteiger partial charge in [0.05, 0.1) is 0 Å². The van der Waals surface area contributed by atoms with Gasteiger partial charge in [-0.25, -0.2) is 4.79 Å². The van der Waals surface area contributed by atoms with Crippen molar-refractivity contribution in [3.63, 3.8) is 0 Å². The fourth-order valence-electron chi connectivity index (χ4n) is 0.638. The maximum absolute atomic E-state index is 10.7. The second kappa shape index (κ2) is 5.84. The minimum atomic E-state index is -4.53. The van der Waals surface area contributed by atoms with Gasteiger partial charge in [0.1, 0.15) is 5.75 Å². The van der Waals surface area contributed by atoms with Gasteiger partial charge < -0.3 is 9.29 Å². The molecule has 1 aromatic rings. The molecule has 0 amide bonds. The first kappa shape index (κ1) is 14.1. The number of carbonyl (C=O) groups is 1. The van der Waals surface area contributed by atoms with Crippen molar-refractivity contribution < 1.29 is 22.5 Å². The van der Waals surface area contributed by atoms with E-state index in [0.717, 1.165) is 0 Å². The summed E-state index contributed by atoms with van der Waals surface area (Å²) in [5.41, 5.74) is 0. The van der Waals surface area contributed by atoms with Crippen molar-refractivity contribution in [2.24, 2.45) is 0 Å². The van der Waals surface area contributed by atoms with Crippen LogP contribution in [0.15, 0.2) is 30.3 Å². The van der Waals surface area contributed by atoms with Crippen molar-refractivity contribution in [1.29, 1.82) is 0 Å². The Kier molecular flexibility index (Phi) is 5.87. The van der Waals surface area contributed by atoms with Crippen LogP contribution in [-0.2, 0) is 10.1 Å². The van der Waals surface area contributed by atoms with E-state index in [-0.39, 0.29) is 57.1 Å². The van der Waals surface area contributed by atoms with Gasteiger partial charge in [0.2, 0.25) is 0 Å². The predicted octanol–water partition coefficient (Wildman–Crippen LogP) is 0.425. The summed E-state index contributed by atoms with van der Waals surface area (Å²) in [5, 5.41) is 6.19. The Labute approximate surface area is 124 Å². The zero-order valence-electron chi connectivity index (χ0n) is 6.38. The van der Waals surface area contributed by atoms with Gasteiger partial charge in [-0.3, -0.25) is 0 Å².